The van der Waals surface area contributed by atoms with E-state index in [9.17, 15) is 8.42 Å². The van der Waals surface area contributed by atoms with Crippen LogP contribution in [0.3, 0.4) is 0 Å². The number of hydrogen-bond acceptors (Lipinski definition) is 3. The molecule has 0 radical (unpaired) electrons. The second kappa shape index (κ2) is 5.30. The third-order valence-electron chi connectivity index (χ3n) is 2.57. The molecule has 4 nitrogen and oxygen atoms in total. The van der Waals surface area contributed by atoms with Crippen LogP contribution in [0.4, 0.5) is 0 Å². The highest BCUT2D eigenvalue weighted by Gasteiger charge is 2.17. The number of likely N-dealkylation sites (tertiary alicyclic amines) is 1. The lowest BCUT2D eigenvalue weighted by molar-refractivity contribution is 0.175. The summed E-state index contributed by atoms with van der Waals surface area (Å²) in [4.78, 5) is 2.29. The monoisotopic (exact) mass is 240 g/mol. The maximum Gasteiger partial charge on any atom is 0.297 e. The molecule has 84 valence electrons. The van der Waals surface area contributed by atoms with Crippen LogP contribution in [0.25, 0.3) is 0 Å². The van der Waals surface area contributed by atoms with Crippen LogP contribution in [-0.4, -0.2) is 39.0 Å². The molecule has 1 rings (SSSR count). The lowest BCUT2D eigenvalue weighted by atomic mass is 10.1. The quantitative estimate of drug-likeness (QED) is 0.744. The van der Waals surface area contributed by atoms with Gasteiger partial charge in [-0.2, -0.15) is 8.42 Å². The van der Waals surface area contributed by atoms with Gasteiger partial charge in [-0.3, -0.25) is 4.90 Å². The lowest BCUT2D eigenvalue weighted by Gasteiger charge is -2.32. The maximum absolute atomic E-state index is 10.7. The van der Waals surface area contributed by atoms with Gasteiger partial charge in [-0.1, -0.05) is 6.42 Å². The highest BCUT2D eigenvalue weighted by Crippen LogP contribution is 2.11. The SMILES string of the molecule is CC(CNS(=O)(=O)Cl)N1CCCCC1. The zero-order chi connectivity index (χ0) is 10.6. The number of piperidine rings is 1. The summed E-state index contributed by atoms with van der Waals surface area (Å²) in [5.74, 6) is 0. The standard InChI is InChI=1S/C8H17ClN2O2S/c1-8(7-10-14(9,12)13)11-5-3-2-4-6-11/h8,10H,2-7H2,1H3. The van der Waals surface area contributed by atoms with E-state index in [-0.39, 0.29) is 6.04 Å². The van der Waals surface area contributed by atoms with Gasteiger partial charge in [0.2, 0.25) is 0 Å². The van der Waals surface area contributed by atoms with Crippen molar-refractivity contribution in [3.05, 3.63) is 0 Å². The first-order valence-electron chi connectivity index (χ1n) is 4.92. The molecule has 0 spiro atoms. The molecule has 0 amide bonds. The summed E-state index contributed by atoms with van der Waals surface area (Å²) >= 11 is 0. The highest BCUT2D eigenvalue weighted by atomic mass is 35.7. The first-order valence-corrected chi connectivity index (χ1v) is 7.23. The molecule has 0 saturated carbocycles. The van der Waals surface area contributed by atoms with Gasteiger partial charge in [0.05, 0.1) is 0 Å². The average Bonchev–Trinajstić information content (AvgIpc) is 2.14. The Morgan fingerprint density at radius 2 is 1.93 bits per heavy atom. The van der Waals surface area contributed by atoms with E-state index >= 15 is 0 Å². The first-order chi connectivity index (χ1) is 6.49. The zero-order valence-corrected chi connectivity index (χ0v) is 9.94. The number of hydrogen-bond donors (Lipinski definition) is 1. The Labute approximate surface area is 90.2 Å². The molecule has 1 unspecified atom stereocenters. The normalized spacial score (nSPS) is 22.1. The Balaban J connectivity index is 2.30. The lowest BCUT2D eigenvalue weighted by Crippen LogP contribution is -2.43. The maximum atomic E-state index is 10.7. The molecule has 1 atom stereocenters. The Kier molecular flexibility index (Phi) is 4.63. The second-order valence-corrected chi connectivity index (χ2v) is 6.12. The second-order valence-electron chi connectivity index (χ2n) is 3.73. The number of nitrogens with one attached hydrogen (secondary N) is 1. The van der Waals surface area contributed by atoms with E-state index in [0.29, 0.717) is 6.54 Å². The fraction of sp³-hybridized carbons (Fsp3) is 1.00. The van der Waals surface area contributed by atoms with Crippen LogP contribution in [0, 0.1) is 0 Å². The Morgan fingerprint density at radius 1 is 1.36 bits per heavy atom. The van der Waals surface area contributed by atoms with Gasteiger partial charge in [-0.05, 0) is 32.9 Å². The summed E-state index contributed by atoms with van der Waals surface area (Å²) < 4.78 is 23.6. The summed E-state index contributed by atoms with van der Waals surface area (Å²) in [7, 11) is 1.50. The topological polar surface area (TPSA) is 49.4 Å². The van der Waals surface area contributed by atoms with E-state index in [2.05, 4.69) is 9.62 Å². The minimum absolute atomic E-state index is 0.226. The number of nitrogens with zero attached hydrogens (tertiary/aromatic N) is 1. The molecular weight excluding hydrogens is 224 g/mol. The third-order valence-corrected chi connectivity index (χ3v) is 3.40. The molecule has 0 aromatic heterocycles. The van der Waals surface area contributed by atoms with Crippen LogP contribution < -0.4 is 4.72 Å². The summed E-state index contributed by atoms with van der Waals surface area (Å²) in [6.45, 7) is 4.53. The van der Waals surface area contributed by atoms with Gasteiger partial charge >= 0.3 is 0 Å². The molecule has 1 aliphatic heterocycles. The molecule has 1 saturated heterocycles. The van der Waals surface area contributed by atoms with E-state index in [4.69, 9.17) is 10.7 Å². The van der Waals surface area contributed by atoms with Gasteiger partial charge in [0.1, 0.15) is 0 Å². The molecule has 1 fully saturated rings. The summed E-state index contributed by atoms with van der Waals surface area (Å²) in [5.41, 5.74) is 0. The van der Waals surface area contributed by atoms with Crippen molar-refractivity contribution in [3.8, 4) is 0 Å². The minimum atomic E-state index is -3.56. The van der Waals surface area contributed by atoms with E-state index in [1.165, 1.54) is 19.3 Å². The number of halogens is 1. The van der Waals surface area contributed by atoms with Crippen molar-refractivity contribution in [1.82, 2.24) is 9.62 Å². The predicted octanol–water partition coefficient (Wildman–Crippen LogP) is 0.934. The van der Waals surface area contributed by atoms with Crippen molar-refractivity contribution >= 4 is 19.9 Å². The van der Waals surface area contributed by atoms with Crippen molar-refractivity contribution in [3.63, 3.8) is 0 Å². The first kappa shape index (κ1) is 12.2. The molecule has 1 aliphatic rings. The van der Waals surface area contributed by atoms with Gasteiger partial charge in [0, 0.05) is 23.3 Å². The predicted molar refractivity (Wildman–Crippen MR) is 57.7 cm³/mol. The van der Waals surface area contributed by atoms with Crippen molar-refractivity contribution < 1.29 is 8.42 Å². The smallest absolute Gasteiger partial charge is 0.297 e. The molecule has 0 aromatic rings. The van der Waals surface area contributed by atoms with E-state index in [1.54, 1.807) is 0 Å². The van der Waals surface area contributed by atoms with Gasteiger partial charge < -0.3 is 0 Å². The molecular formula is C8H17ClN2O2S. The molecule has 0 aliphatic carbocycles. The van der Waals surface area contributed by atoms with Crippen LogP contribution in [0.2, 0.25) is 0 Å². The van der Waals surface area contributed by atoms with E-state index in [0.717, 1.165) is 13.1 Å². The zero-order valence-electron chi connectivity index (χ0n) is 8.37. The average molecular weight is 241 g/mol. The van der Waals surface area contributed by atoms with Crippen molar-refractivity contribution in [2.75, 3.05) is 19.6 Å². The summed E-state index contributed by atoms with van der Waals surface area (Å²) in [6.07, 6.45) is 3.69. The molecule has 0 bridgehead atoms. The van der Waals surface area contributed by atoms with Crippen LogP contribution >= 0.6 is 10.7 Å². The highest BCUT2D eigenvalue weighted by molar-refractivity contribution is 8.12. The Hall–Kier alpha value is 0.160. The van der Waals surface area contributed by atoms with Gasteiger partial charge in [0.15, 0.2) is 0 Å². The Bertz CT molecular complexity index is 263. The molecule has 14 heavy (non-hydrogen) atoms. The molecule has 6 heteroatoms. The summed E-state index contributed by atoms with van der Waals surface area (Å²) in [6, 6.07) is 0.226. The molecule has 1 N–H and O–H groups in total. The largest absolute Gasteiger partial charge is 0.299 e. The van der Waals surface area contributed by atoms with Crippen molar-refractivity contribution in [1.29, 1.82) is 0 Å². The van der Waals surface area contributed by atoms with Gasteiger partial charge in [-0.25, -0.2) is 4.72 Å². The minimum Gasteiger partial charge on any atom is -0.299 e. The van der Waals surface area contributed by atoms with E-state index in [1.807, 2.05) is 6.92 Å². The van der Waals surface area contributed by atoms with E-state index < -0.39 is 9.24 Å². The van der Waals surface area contributed by atoms with Crippen LogP contribution in [0.15, 0.2) is 0 Å². The number of rotatable bonds is 4. The van der Waals surface area contributed by atoms with Crippen LogP contribution in [0.5, 0.6) is 0 Å². The fourth-order valence-corrected chi connectivity index (χ4v) is 2.34. The third kappa shape index (κ3) is 4.59. The van der Waals surface area contributed by atoms with Gasteiger partial charge in [-0.15, -0.1) is 0 Å². The van der Waals surface area contributed by atoms with Crippen molar-refractivity contribution in [2.45, 2.75) is 32.2 Å². The van der Waals surface area contributed by atoms with Gasteiger partial charge in [0.25, 0.3) is 9.24 Å². The Morgan fingerprint density at radius 3 is 2.43 bits per heavy atom. The molecule has 0 aromatic carbocycles. The van der Waals surface area contributed by atoms with Crippen LogP contribution in [0.1, 0.15) is 26.2 Å². The fourth-order valence-electron chi connectivity index (χ4n) is 1.71. The van der Waals surface area contributed by atoms with Crippen molar-refractivity contribution in [2.24, 2.45) is 0 Å². The molecule has 1 heterocycles. The van der Waals surface area contributed by atoms with Crippen LogP contribution in [-0.2, 0) is 9.24 Å². The summed E-state index contributed by atoms with van der Waals surface area (Å²) in [5, 5.41) is 0.